The number of aliphatic hydroxyl groups is 1. The van der Waals surface area contributed by atoms with E-state index in [0.717, 1.165) is 5.56 Å². The molecule has 2 heterocycles. The molecule has 4 N–H and O–H groups in total. The van der Waals surface area contributed by atoms with Crippen LogP contribution < -0.4 is 20.7 Å². The van der Waals surface area contributed by atoms with Gasteiger partial charge in [0.05, 0.1) is 13.2 Å². The van der Waals surface area contributed by atoms with Crippen molar-refractivity contribution in [2.45, 2.75) is 26.4 Å². The highest BCUT2D eigenvalue weighted by atomic mass is 16.9. The molecule has 3 rings (SSSR count). The number of hydrogen-bond acceptors (Lipinski definition) is 8. The molecule has 10 nitrogen and oxygen atoms in total. The fourth-order valence-corrected chi connectivity index (χ4v) is 2.72. The van der Waals surface area contributed by atoms with E-state index in [9.17, 15) is 9.90 Å². The van der Waals surface area contributed by atoms with Crippen LogP contribution in [-0.4, -0.2) is 54.2 Å². The monoisotopic (exact) mass is 403 g/mol. The Morgan fingerprint density at radius 2 is 1.97 bits per heavy atom. The third-order valence-electron chi connectivity index (χ3n) is 4.07. The van der Waals surface area contributed by atoms with Gasteiger partial charge in [-0.25, -0.2) is 14.8 Å². The number of anilines is 2. The number of ether oxygens (including phenoxy) is 3. The van der Waals surface area contributed by atoms with Crippen LogP contribution in [0.3, 0.4) is 0 Å². The molecule has 2 amide bonds. The lowest BCUT2D eigenvalue weighted by Crippen LogP contribution is -2.33. The number of amides is 2. The Bertz CT molecular complexity index is 840. The van der Waals surface area contributed by atoms with Crippen LogP contribution >= 0.6 is 0 Å². The van der Waals surface area contributed by atoms with Gasteiger partial charge in [-0.05, 0) is 38.1 Å². The van der Waals surface area contributed by atoms with E-state index >= 15 is 0 Å². The topological polar surface area (TPSA) is 127 Å². The molecular weight excluding hydrogens is 378 g/mol. The van der Waals surface area contributed by atoms with Crippen LogP contribution in [0.2, 0.25) is 0 Å². The average molecular weight is 403 g/mol. The Morgan fingerprint density at radius 1 is 1.24 bits per heavy atom. The molecule has 1 aromatic heterocycles. The molecule has 1 aromatic carbocycles. The van der Waals surface area contributed by atoms with Gasteiger partial charge in [0.1, 0.15) is 5.69 Å². The Balaban J connectivity index is 1.97. The first-order chi connectivity index (χ1) is 14.0. The second-order valence-corrected chi connectivity index (χ2v) is 6.15. The van der Waals surface area contributed by atoms with Gasteiger partial charge in [0.2, 0.25) is 6.29 Å². The van der Waals surface area contributed by atoms with E-state index in [-0.39, 0.29) is 18.9 Å². The first kappa shape index (κ1) is 20.8. The molecule has 0 aliphatic carbocycles. The fraction of sp³-hybridized carbons (Fsp3) is 0.421. The molecule has 0 spiro atoms. The molecule has 0 bridgehead atoms. The smallest absolute Gasteiger partial charge is 0.318 e. The van der Waals surface area contributed by atoms with E-state index in [2.05, 4.69) is 25.9 Å². The SMILES string of the molecule is CCOc1c(NCCO)nc(-c2ccc(NC(=O)NC)cc2)nc1C1OC(C)O1. The Labute approximate surface area is 168 Å². The van der Waals surface area contributed by atoms with E-state index in [4.69, 9.17) is 14.2 Å². The highest BCUT2D eigenvalue weighted by Crippen LogP contribution is 2.40. The molecule has 1 aliphatic rings. The summed E-state index contributed by atoms with van der Waals surface area (Å²) in [5.74, 6) is 1.31. The zero-order valence-corrected chi connectivity index (χ0v) is 16.6. The highest BCUT2D eigenvalue weighted by molar-refractivity contribution is 5.89. The van der Waals surface area contributed by atoms with Gasteiger partial charge in [0, 0.05) is 24.8 Å². The lowest BCUT2D eigenvalue weighted by atomic mass is 10.2. The molecule has 2 aromatic rings. The summed E-state index contributed by atoms with van der Waals surface area (Å²) in [5.41, 5.74) is 1.84. The summed E-state index contributed by atoms with van der Waals surface area (Å²) in [6.07, 6.45) is -0.978. The second kappa shape index (κ2) is 9.50. The van der Waals surface area contributed by atoms with E-state index < -0.39 is 6.29 Å². The van der Waals surface area contributed by atoms with Gasteiger partial charge >= 0.3 is 6.03 Å². The van der Waals surface area contributed by atoms with Crippen LogP contribution in [0.4, 0.5) is 16.3 Å². The van der Waals surface area contributed by atoms with E-state index in [1.54, 1.807) is 38.2 Å². The second-order valence-electron chi connectivity index (χ2n) is 6.15. The van der Waals surface area contributed by atoms with Gasteiger partial charge in [-0.2, -0.15) is 0 Å². The molecular formula is C19H25N5O5. The van der Waals surface area contributed by atoms with Gasteiger partial charge in [-0.15, -0.1) is 0 Å². The maximum Gasteiger partial charge on any atom is 0.318 e. The van der Waals surface area contributed by atoms with Gasteiger partial charge in [0.25, 0.3) is 0 Å². The van der Waals surface area contributed by atoms with E-state index in [1.807, 2.05) is 6.92 Å². The Kier molecular flexibility index (Phi) is 6.81. The van der Waals surface area contributed by atoms with Crippen molar-refractivity contribution < 1.29 is 24.1 Å². The Morgan fingerprint density at radius 3 is 2.55 bits per heavy atom. The number of benzene rings is 1. The maximum atomic E-state index is 11.4. The van der Waals surface area contributed by atoms with Crippen LogP contribution in [-0.2, 0) is 9.47 Å². The molecule has 0 saturated carbocycles. The molecule has 29 heavy (non-hydrogen) atoms. The molecule has 0 atom stereocenters. The van der Waals surface area contributed by atoms with Crippen molar-refractivity contribution in [3.8, 4) is 17.1 Å². The summed E-state index contributed by atoms with van der Waals surface area (Å²) in [7, 11) is 1.55. The third kappa shape index (κ3) is 4.91. The minimum atomic E-state index is -0.655. The molecule has 0 unspecified atom stereocenters. The molecule has 1 fully saturated rings. The van der Waals surface area contributed by atoms with E-state index in [1.165, 1.54) is 0 Å². The predicted octanol–water partition coefficient (Wildman–Crippen LogP) is 2.09. The first-order valence-electron chi connectivity index (χ1n) is 9.35. The van der Waals surface area contributed by atoms with Crippen LogP contribution in [0.5, 0.6) is 5.75 Å². The van der Waals surface area contributed by atoms with Crippen LogP contribution in [0.25, 0.3) is 11.4 Å². The fourth-order valence-electron chi connectivity index (χ4n) is 2.72. The zero-order valence-electron chi connectivity index (χ0n) is 16.6. The molecule has 10 heteroatoms. The van der Waals surface area contributed by atoms with Crippen LogP contribution in [0, 0.1) is 0 Å². The summed E-state index contributed by atoms with van der Waals surface area (Å²) < 4.78 is 17.0. The summed E-state index contributed by atoms with van der Waals surface area (Å²) in [6.45, 7) is 4.30. The molecule has 1 aliphatic heterocycles. The average Bonchev–Trinajstić information content (AvgIpc) is 2.71. The van der Waals surface area contributed by atoms with Crippen molar-refractivity contribution in [2.24, 2.45) is 0 Å². The lowest BCUT2D eigenvalue weighted by Gasteiger charge is -2.34. The maximum absolute atomic E-state index is 11.4. The first-order valence-corrected chi connectivity index (χ1v) is 9.35. The quantitative estimate of drug-likeness (QED) is 0.528. The summed E-state index contributed by atoms with van der Waals surface area (Å²) >= 11 is 0. The number of urea groups is 1. The minimum Gasteiger partial charge on any atom is -0.488 e. The number of hydrogen-bond donors (Lipinski definition) is 4. The standard InChI is InChI=1S/C19H25N5O5/c1-4-27-15-14(18-28-11(2)29-18)23-16(24-17(15)21-9-10-25)12-5-7-13(8-6-12)22-19(26)20-3/h5-8,11,18,25H,4,9-10H2,1-3H3,(H2,20,22,26)(H,21,23,24). The Hall–Kier alpha value is -2.95. The van der Waals surface area contributed by atoms with Crippen molar-refractivity contribution in [3.05, 3.63) is 30.0 Å². The highest BCUT2D eigenvalue weighted by Gasteiger charge is 2.34. The number of aliphatic hydroxyl groups excluding tert-OH is 1. The largest absolute Gasteiger partial charge is 0.488 e. The van der Waals surface area contributed by atoms with Crippen molar-refractivity contribution in [2.75, 3.05) is 37.4 Å². The lowest BCUT2D eigenvalue weighted by molar-refractivity contribution is -0.384. The number of rotatable bonds is 8. The van der Waals surface area contributed by atoms with Crippen molar-refractivity contribution in [1.82, 2.24) is 15.3 Å². The number of carbonyl (C=O) groups is 1. The predicted molar refractivity (Wildman–Crippen MR) is 107 cm³/mol. The number of nitrogens with zero attached hydrogens (tertiary/aromatic N) is 2. The third-order valence-corrected chi connectivity index (χ3v) is 4.07. The summed E-state index contributed by atoms with van der Waals surface area (Å²) in [6, 6.07) is 6.80. The van der Waals surface area contributed by atoms with Gasteiger partial charge < -0.3 is 35.3 Å². The van der Waals surface area contributed by atoms with Gasteiger partial charge in [-0.1, -0.05) is 0 Å². The number of nitrogens with one attached hydrogen (secondary N) is 3. The van der Waals surface area contributed by atoms with Gasteiger partial charge in [-0.3, -0.25) is 0 Å². The van der Waals surface area contributed by atoms with Crippen molar-refractivity contribution in [1.29, 1.82) is 0 Å². The van der Waals surface area contributed by atoms with Gasteiger partial charge in [0.15, 0.2) is 23.7 Å². The minimum absolute atomic E-state index is 0.0619. The number of aromatic nitrogens is 2. The summed E-state index contributed by atoms with van der Waals surface area (Å²) in [5, 5.41) is 17.4. The van der Waals surface area contributed by atoms with Crippen LogP contribution in [0.15, 0.2) is 24.3 Å². The zero-order chi connectivity index (χ0) is 20.8. The van der Waals surface area contributed by atoms with Crippen molar-refractivity contribution >= 4 is 17.5 Å². The molecule has 156 valence electrons. The van der Waals surface area contributed by atoms with E-state index in [0.29, 0.717) is 41.9 Å². The normalized spacial score (nSPS) is 17.9. The van der Waals surface area contributed by atoms with Crippen molar-refractivity contribution in [3.63, 3.8) is 0 Å². The molecule has 0 radical (unpaired) electrons. The number of carbonyl (C=O) groups excluding carboxylic acids is 1. The van der Waals surface area contributed by atoms with Crippen LogP contribution in [0.1, 0.15) is 25.8 Å². The molecule has 1 saturated heterocycles. The summed E-state index contributed by atoms with van der Waals surface area (Å²) in [4.78, 5) is 20.6.